The van der Waals surface area contributed by atoms with Gasteiger partial charge in [0.05, 0.1) is 64.7 Å². The molecular formula is C67H124N2O10P+. The van der Waals surface area contributed by atoms with Gasteiger partial charge in [-0.2, -0.15) is 0 Å². The van der Waals surface area contributed by atoms with E-state index in [1.165, 1.54) is 103 Å². The Morgan fingerprint density at radius 2 is 1.23 bits per heavy atom. The number of rotatable bonds is 22. The van der Waals surface area contributed by atoms with Crippen LogP contribution in [-0.4, -0.2) is 160 Å². The number of hydrogen-bond acceptors (Lipinski definition) is 11. The van der Waals surface area contributed by atoms with Crippen molar-refractivity contribution in [2.24, 2.45) is 17.8 Å². The zero-order valence-corrected chi connectivity index (χ0v) is 54.3. The number of cyclic esters (lactones) is 1. The lowest BCUT2D eigenvalue weighted by molar-refractivity contribution is -0.263. The van der Waals surface area contributed by atoms with Gasteiger partial charge in [-0.25, -0.2) is 0 Å². The molecule has 0 aromatic heterocycles. The normalized spacial score (nSPS) is 37.8. The Morgan fingerprint density at radius 3 is 1.74 bits per heavy atom. The third kappa shape index (κ3) is 18.5. The van der Waals surface area contributed by atoms with E-state index in [-0.39, 0.29) is 42.9 Å². The van der Waals surface area contributed by atoms with Crippen molar-refractivity contribution in [3.05, 3.63) is 0 Å². The van der Waals surface area contributed by atoms with Crippen molar-refractivity contribution in [2.45, 2.75) is 363 Å². The molecule has 15 atom stereocenters. The van der Waals surface area contributed by atoms with Gasteiger partial charge in [-0.15, -0.1) is 0 Å². The zero-order chi connectivity index (χ0) is 58.3. The molecule has 3 saturated heterocycles. The van der Waals surface area contributed by atoms with E-state index in [1.807, 2.05) is 46.4 Å². The summed E-state index contributed by atoms with van der Waals surface area (Å²) >= 11 is 0. The predicted octanol–water partition coefficient (Wildman–Crippen LogP) is 14.2. The number of esters is 1. The van der Waals surface area contributed by atoms with Crippen LogP contribution in [0.1, 0.15) is 274 Å². The first-order chi connectivity index (χ1) is 38.0. The molecular weight excluding hydrogens is 1020 g/mol. The lowest BCUT2D eigenvalue weighted by Gasteiger charge is -2.49. The molecule has 13 heteroatoms. The van der Waals surface area contributed by atoms with Crippen molar-refractivity contribution in [1.82, 2.24) is 9.80 Å². The monoisotopic (exact) mass is 1150 g/mol. The van der Waals surface area contributed by atoms with E-state index < -0.39 is 78.7 Å². The molecule has 0 bridgehead atoms. The number of amides is 1. The highest BCUT2D eigenvalue weighted by molar-refractivity contribution is 7.77. The summed E-state index contributed by atoms with van der Waals surface area (Å²) in [7, 11) is 4.76. The van der Waals surface area contributed by atoms with E-state index in [4.69, 9.17) is 23.7 Å². The molecule has 1 unspecified atom stereocenters. The lowest BCUT2D eigenvalue weighted by atomic mass is 9.73. The first kappa shape index (κ1) is 68.2. The number of unbranched alkanes of at least 4 members (excludes halogenated alkanes) is 9. The number of methoxy groups -OCH3 is 1. The average molecular weight is 1150 g/mol. The van der Waals surface area contributed by atoms with Crippen molar-refractivity contribution in [2.75, 3.05) is 33.9 Å². The minimum absolute atomic E-state index is 0.0591. The minimum Gasteiger partial charge on any atom is -0.459 e. The number of ether oxygens (including phenoxy) is 5. The molecule has 3 heterocycles. The van der Waals surface area contributed by atoms with E-state index in [9.17, 15) is 24.9 Å². The van der Waals surface area contributed by atoms with E-state index >= 15 is 0 Å². The summed E-state index contributed by atoms with van der Waals surface area (Å²) in [6.07, 6.45) is 35.8. The molecule has 0 spiro atoms. The fraction of sp³-hybridized carbons (Fsp3) is 0.970. The van der Waals surface area contributed by atoms with Crippen LogP contribution in [0.3, 0.4) is 0 Å². The largest absolute Gasteiger partial charge is 0.459 e. The number of carbonyl (C=O) groups is 2. The molecule has 80 heavy (non-hydrogen) atoms. The maximum Gasteiger partial charge on any atom is 0.309 e. The topological polar surface area (TPSA) is 147 Å². The van der Waals surface area contributed by atoms with Gasteiger partial charge in [0.15, 0.2) is 6.29 Å². The van der Waals surface area contributed by atoms with E-state index in [0.29, 0.717) is 38.6 Å². The Bertz CT molecular complexity index is 1760. The number of aliphatic hydroxyl groups excluding tert-OH is 1. The first-order valence-electron chi connectivity index (χ1n) is 33.7. The second-order valence-electron chi connectivity index (χ2n) is 28.7. The number of nitrogens with zero attached hydrogens (tertiary/aromatic N) is 2. The van der Waals surface area contributed by atoms with Gasteiger partial charge in [-0.3, -0.25) is 9.59 Å². The Kier molecular flexibility index (Phi) is 27.4. The quantitative estimate of drug-likeness (QED) is 0.0541. The van der Waals surface area contributed by atoms with E-state index in [0.717, 1.165) is 42.7 Å². The van der Waals surface area contributed by atoms with Crippen molar-refractivity contribution in [1.29, 1.82) is 0 Å². The second kappa shape index (κ2) is 32.2. The maximum atomic E-state index is 14.6. The van der Waals surface area contributed by atoms with Gasteiger partial charge in [0.25, 0.3) is 0 Å². The molecule has 0 aromatic rings. The number of aliphatic hydroxyl groups is 3. The zero-order valence-electron chi connectivity index (χ0n) is 53.5. The van der Waals surface area contributed by atoms with Crippen molar-refractivity contribution in [3.63, 3.8) is 0 Å². The lowest BCUT2D eigenvalue weighted by Crippen LogP contribution is -2.59. The van der Waals surface area contributed by atoms with Gasteiger partial charge in [0.1, 0.15) is 17.8 Å². The summed E-state index contributed by atoms with van der Waals surface area (Å²) in [5.41, 5.74) is -0.522. The van der Waals surface area contributed by atoms with Crippen molar-refractivity contribution >= 4 is 19.1 Å². The Balaban J connectivity index is 1.07. The van der Waals surface area contributed by atoms with Crippen LogP contribution in [0.15, 0.2) is 0 Å². The molecule has 12 nitrogen and oxygen atoms in total. The van der Waals surface area contributed by atoms with Crippen LogP contribution in [0, 0.1) is 17.8 Å². The number of carbonyl (C=O) groups excluding carboxylic acids is 2. The highest BCUT2D eigenvalue weighted by Gasteiger charge is 2.57. The van der Waals surface area contributed by atoms with Crippen LogP contribution in [0.25, 0.3) is 0 Å². The summed E-state index contributed by atoms with van der Waals surface area (Å²) < 4.78 is 32.4. The van der Waals surface area contributed by atoms with Gasteiger partial charge in [-0.05, 0) is 190 Å². The molecule has 0 aromatic carbocycles. The van der Waals surface area contributed by atoms with Crippen molar-refractivity contribution in [3.8, 4) is 0 Å². The molecule has 1 amide bonds. The summed E-state index contributed by atoms with van der Waals surface area (Å²) in [5.74, 6) is -1.87. The maximum absolute atomic E-state index is 14.6. The summed E-state index contributed by atoms with van der Waals surface area (Å²) in [6.45, 7) is 17.6. The molecule has 6 rings (SSSR count). The van der Waals surface area contributed by atoms with Crippen LogP contribution in [0.5, 0.6) is 0 Å². The van der Waals surface area contributed by atoms with Crippen LogP contribution in [-0.2, 0) is 33.3 Å². The smallest absolute Gasteiger partial charge is 0.309 e. The summed E-state index contributed by atoms with van der Waals surface area (Å²) in [6, 6.07) is -0.148. The third-order valence-electron chi connectivity index (χ3n) is 21.8. The standard InChI is InChI=1S/C67H124N2O10P/c1-13-59-66(8,74)45-49(3)69(61(70)39-31-20-18-16-14-15-17-19-21-32-40-80(54-33-25-22-26-34-54,55-35-27-23-28-36-55)56-37-29-24-30-38-56)47-48(2)44-65(7,73)60(78-62-42-53(68(10)11)41-50(4)76-62)43-57(51(5)64(72)79-59)58-46-67(9,75-12)63(71)52(6)77-58/h48-60,62-63,71,73-74H,13-47H2,1-12H3/q+1/t48-,49-,50-,51-,52+,53+,57?,58-,59-,60-,62+,63+,65-,66+,67-/m1/s1. The van der Waals surface area contributed by atoms with Crippen LogP contribution in [0.4, 0.5) is 0 Å². The van der Waals surface area contributed by atoms with Gasteiger partial charge >= 0.3 is 5.97 Å². The van der Waals surface area contributed by atoms with Crippen molar-refractivity contribution < 1.29 is 48.6 Å². The van der Waals surface area contributed by atoms with Gasteiger partial charge in [0, 0.05) is 58.2 Å². The number of hydrogen-bond donors (Lipinski definition) is 3. The molecule has 0 radical (unpaired) electrons. The Morgan fingerprint density at radius 1 is 0.700 bits per heavy atom. The molecule has 3 aliphatic heterocycles. The predicted molar refractivity (Wildman–Crippen MR) is 328 cm³/mol. The van der Waals surface area contributed by atoms with Crippen LogP contribution in [0.2, 0.25) is 0 Å². The van der Waals surface area contributed by atoms with E-state index in [2.05, 4.69) is 32.8 Å². The molecule has 3 aliphatic carbocycles. The van der Waals surface area contributed by atoms with Crippen LogP contribution < -0.4 is 0 Å². The summed E-state index contributed by atoms with van der Waals surface area (Å²) in [4.78, 5) is 33.3. The fourth-order valence-electron chi connectivity index (χ4n) is 17.0. The highest BCUT2D eigenvalue weighted by atomic mass is 31.2. The minimum atomic E-state index is -1.44. The highest BCUT2D eigenvalue weighted by Crippen LogP contribution is 2.77. The van der Waals surface area contributed by atoms with Crippen LogP contribution >= 0.6 is 7.26 Å². The SMILES string of the molecule is CC[C@H]1OC(=O)[C@H](C)C([C@H]2C[C@@](C)(OC)[C@@H](O)[C@H](C)O2)C[C@@H](O[C@H]2C[C@@H](N(C)C)C[C@@H](C)O2)[C@](C)(O)C[C@@H](C)CN(C(=O)CCCCCCCCCCCC[P+](C2CCCCC2)(C2CCCCC2)C2CCCCC2)[C@H](C)C[C@]1(C)O. The van der Waals surface area contributed by atoms with Gasteiger partial charge in [-0.1, -0.05) is 85.0 Å². The van der Waals surface area contributed by atoms with Gasteiger partial charge < -0.3 is 48.8 Å². The third-order valence-corrected chi connectivity index (χ3v) is 28.5. The first-order valence-corrected chi connectivity index (χ1v) is 35.9. The molecule has 3 saturated carbocycles. The second-order valence-corrected chi connectivity index (χ2v) is 33.3. The average Bonchev–Trinajstić information content (AvgIpc) is 3.44. The summed E-state index contributed by atoms with van der Waals surface area (Å²) in [5, 5.41) is 36.5. The molecule has 3 N–H and O–H groups in total. The molecule has 6 aliphatic rings. The van der Waals surface area contributed by atoms with E-state index in [1.54, 1.807) is 58.7 Å². The Labute approximate surface area is 490 Å². The molecule has 6 fully saturated rings. The molecule has 466 valence electrons. The fourth-order valence-corrected chi connectivity index (χ4v) is 24.7. The van der Waals surface area contributed by atoms with Gasteiger partial charge in [0.2, 0.25) is 5.91 Å². The Hall–Kier alpha value is -0.950.